The molecule has 3 nitrogen and oxygen atoms in total. The summed E-state index contributed by atoms with van der Waals surface area (Å²) in [4.78, 5) is 10.9. The maximum Gasteiger partial charge on any atom is 0.218 e. The first kappa shape index (κ1) is 13.4. The molecule has 3 atom stereocenters. The Morgan fingerprint density at radius 2 is 2.17 bits per heavy atom. The van der Waals surface area contributed by atoms with Crippen molar-refractivity contribution in [2.75, 3.05) is 6.54 Å². The van der Waals surface area contributed by atoms with Crippen molar-refractivity contribution >= 4 is 18.5 Å². The molecule has 1 aliphatic rings. The van der Waals surface area contributed by atoms with Gasteiger partial charge in [0.15, 0.2) is 0 Å². The third kappa shape index (κ3) is 3.27. The minimum Gasteiger partial charge on any atom is -0.370 e. The van der Waals surface area contributed by atoms with Gasteiger partial charge < -0.3 is 11.1 Å². The summed E-state index contributed by atoms with van der Waals surface area (Å²) in [6.45, 7) is 2.99. The monoisotopic (exact) mass is 264 g/mol. The van der Waals surface area contributed by atoms with E-state index in [9.17, 15) is 4.79 Å². The molecule has 2 rings (SSSR count). The van der Waals surface area contributed by atoms with Crippen LogP contribution in [0, 0.1) is 0 Å². The van der Waals surface area contributed by atoms with Crippen LogP contribution in [-0.2, 0) is 4.79 Å². The van der Waals surface area contributed by atoms with E-state index in [-0.39, 0.29) is 11.8 Å². The zero-order chi connectivity index (χ0) is 13.1. The van der Waals surface area contributed by atoms with E-state index in [0.717, 1.165) is 18.5 Å². The highest BCUT2D eigenvalue weighted by atomic mass is 32.1. The van der Waals surface area contributed by atoms with Crippen LogP contribution in [0.15, 0.2) is 24.3 Å². The van der Waals surface area contributed by atoms with Gasteiger partial charge in [-0.15, -0.1) is 0 Å². The molecule has 0 radical (unpaired) electrons. The largest absolute Gasteiger partial charge is 0.370 e. The summed E-state index contributed by atoms with van der Waals surface area (Å²) in [6.07, 6.45) is 1.47. The number of hydrogen-bond acceptors (Lipinski definition) is 3. The summed E-state index contributed by atoms with van der Waals surface area (Å²) in [5, 5.41) is 3.90. The second-order valence-corrected chi connectivity index (χ2v) is 5.82. The summed E-state index contributed by atoms with van der Waals surface area (Å²) >= 11 is 4.48. The van der Waals surface area contributed by atoms with Crippen LogP contribution in [0.25, 0.3) is 0 Å². The van der Waals surface area contributed by atoms with Crippen molar-refractivity contribution < 1.29 is 4.79 Å². The number of primary amides is 1. The predicted molar refractivity (Wildman–Crippen MR) is 76.8 cm³/mol. The van der Waals surface area contributed by atoms with E-state index in [0.29, 0.717) is 17.7 Å². The van der Waals surface area contributed by atoms with Crippen molar-refractivity contribution in [2.45, 2.75) is 37.0 Å². The van der Waals surface area contributed by atoms with Crippen molar-refractivity contribution in [1.82, 2.24) is 5.32 Å². The van der Waals surface area contributed by atoms with Crippen molar-refractivity contribution in [1.29, 1.82) is 0 Å². The van der Waals surface area contributed by atoms with Crippen LogP contribution in [0.4, 0.5) is 0 Å². The Labute approximate surface area is 114 Å². The van der Waals surface area contributed by atoms with Crippen LogP contribution in [0.2, 0.25) is 0 Å². The molecular formula is C14H20N2OS. The lowest BCUT2D eigenvalue weighted by Crippen LogP contribution is -2.15. The van der Waals surface area contributed by atoms with Gasteiger partial charge in [0.1, 0.15) is 0 Å². The maximum atomic E-state index is 10.9. The maximum absolute atomic E-state index is 10.9. The van der Waals surface area contributed by atoms with Crippen molar-refractivity contribution in [3.63, 3.8) is 0 Å². The molecule has 1 unspecified atom stereocenters. The van der Waals surface area contributed by atoms with Crippen molar-refractivity contribution in [2.24, 2.45) is 5.73 Å². The number of hydrogen-bond donors (Lipinski definition) is 3. The van der Waals surface area contributed by atoms with Crippen LogP contribution in [-0.4, -0.2) is 17.7 Å². The summed E-state index contributed by atoms with van der Waals surface area (Å²) in [6, 6.07) is 8.87. The number of thiol groups is 1. The number of carbonyl (C=O) groups is 1. The molecule has 1 aromatic rings. The van der Waals surface area contributed by atoms with Crippen LogP contribution in [0.1, 0.15) is 42.9 Å². The van der Waals surface area contributed by atoms with Crippen LogP contribution < -0.4 is 11.1 Å². The number of carbonyl (C=O) groups excluding carboxylic acids is 1. The van der Waals surface area contributed by atoms with E-state index in [1.807, 2.05) is 6.92 Å². The lowest BCUT2D eigenvalue weighted by Gasteiger charge is -2.14. The van der Waals surface area contributed by atoms with E-state index in [4.69, 9.17) is 5.73 Å². The van der Waals surface area contributed by atoms with Crippen molar-refractivity contribution in [3.8, 4) is 0 Å². The molecule has 0 aromatic heterocycles. The highest BCUT2D eigenvalue weighted by Gasteiger charge is 2.22. The molecule has 0 aliphatic carbocycles. The Balaban J connectivity index is 2.03. The second kappa shape index (κ2) is 5.76. The molecule has 0 spiro atoms. The van der Waals surface area contributed by atoms with E-state index in [1.165, 1.54) is 5.56 Å². The zero-order valence-electron chi connectivity index (χ0n) is 10.6. The molecule has 4 heteroatoms. The number of nitrogens with one attached hydrogen (secondary N) is 1. The summed E-state index contributed by atoms with van der Waals surface area (Å²) < 4.78 is 0. The average molecular weight is 264 g/mol. The van der Waals surface area contributed by atoms with Gasteiger partial charge in [0, 0.05) is 24.3 Å². The smallest absolute Gasteiger partial charge is 0.218 e. The fourth-order valence-electron chi connectivity index (χ4n) is 2.45. The molecule has 1 fully saturated rings. The standard InChI is InChI=1S/C14H20N2OS/c1-9(6-14(15)17)10-2-4-11(5-3-10)13-7-12(18)8-16-13/h2-5,9,12-13,16,18H,6-8H2,1H3,(H2,15,17)/t9?,12-,13+/m0/s1. The third-order valence-corrected chi connectivity index (χ3v) is 3.92. The van der Waals surface area contributed by atoms with Crippen LogP contribution >= 0.6 is 12.6 Å². The number of benzene rings is 1. The molecular weight excluding hydrogens is 244 g/mol. The SMILES string of the molecule is CC(CC(N)=O)c1ccc([C@H]2C[C@H](S)CN2)cc1. The summed E-state index contributed by atoms with van der Waals surface area (Å²) in [5.74, 6) is -0.0623. The summed E-state index contributed by atoms with van der Waals surface area (Å²) in [7, 11) is 0. The molecule has 1 saturated heterocycles. The van der Waals surface area contributed by atoms with Gasteiger partial charge in [-0.05, 0) is 23.5 Å². The quantitative estimate of drug-likeness (QED) is 0.729. The predicted octanol–water partition coefficient (Wildman–Crippen LogP) is 2.00. The number of nitrogens with two attached hydrogens (primary N) is 1. The number of amides is 1. The van der Waals surface area contributed by atoms with Crippen LogP contribution in [0.3, 0.4) is 0 Å². The number of rotatable bonds is 4. The Morgan fingerprint density at radius 3 is 2.67 bits per heavy atom. The van der Waals surface area contributed by atoms with Gasteiger partial charge >= 0.3 is 0 Å². The Kier molecular flexibility index (Phi) is 4.30. The molecule has 1 heterocycles. The Hall–Kier alpha value is -1.00. The van der Waals surface area contributed by atoms with Gasteiger partial charge in [0.05, 0.1) is 0 Å². The second-order valence-electron chi connectivity index (χ2n) is 5.09. The minimum absolute atomic E-state index is 0.186. The first-order chi connectivity index (χ1) is 8.56. The molecule has 0 bridgehead atoms. The molecule has 18 heavy (non-hydrogen) atoms. The van der Waals surface area contributed by atoms with E-state index in [1.54, 1.807) is 0 Å². The molecule has 0 saturated carbocycles. The summed E-state index contributed by atoms with van der Waals surface area (Å²) in [5.41, 5.74) is 7.68. The fraction of sp³-hybridized carbons (Fsp3) is 0.500. The highest BCUT2D eigenvalue weighted by molar-refractivity contribution is 7.81. The lowest BCUT2D eigenvalue weighted by atomic mass is 9.95. The Morgan fingerprint density at radius 1 is 1.50 bits per heavy atom. The normalized spacial score (nSPS) is 25.0. The van der Waals surface area contributed by atoms with Gasteiger partial charge in [-0.2, -0.15) is 12.6 Å². The zero-order valence-corrected chi connectivity index (χ0v) is 11.5. The Bertz CT molecular complexity index is 418. The highest BCUT2D eigenvalue weighted by Crippen LogP contribution is 2.27. The van der Waals surface area contributed by atoms with Gasteiger partial charge in [0.25, 0.3) is 0 Å². The average Bonchev–Trinajstić information content (AvgIpc) is 2.75. The van der Waals surface area contributed by atoms with Gasteiger partial charge in [-0.1, -0.05) is 31.2 Å². The van der Waals surface area contributed by atoms with E-state index < -0.39 is 0 Å². The van der Waals surface area contributed by atoms with Gasteiger partial charge in [-0.25, -0.2) is 0 Å². The molecule has 1 amide bonds. The minimum atomic E-state index is -0.248. The van der Waals surface area contributed by atoms with E-state index >= 15 is 0 Å². The van der Waals surface area contributed by atoms with Crippen molar-refractivity contribution in [3.05, 3.63) is 35.4 Å². The first-order valence-corrected chi connectivity index (χ1v) is 6.87. The van der Waals surface area contributed by atoms with E-state index in [2.05, 4.69) is 42.2 Å². The van der Waals surface area contributed by atoms with Gasteiger partial charge in [0.2, 0.25) is 5.91 Å². The van der Waals surface area contributed by atoms with Gasteiger partial charge in [-0.3, -0.25) is 4.79 Å². The first-order valence-electron chi connectivity index (χ1n) is 6.36. The fourth-order valence-corrected chi connectivity index (χ4v) is 2.76. The third-order valence-electron chi connectivity index (χ3n) is 3.52. The molecule has 3 N–H and O–H groups in total. The molecule has 1 aromatic carbocycles. The molecule has 1 aliphatic heterocycles. The topological polar surface area (TPSA) is 55.1 Å². The lowest BCUT2D eigenvalue weighted by molar-refractivity contribution is -0.118. The molecule has 98 valence electrons. The van der Waals surface area contributed by atoms with Crippen LogP contribution in [0.5, 0.6) is 0 Å².